The fourth-order valence-corrected chi connectivity index (χ4v) is 4.61. The van der Waals surface area contributed by atoms with Crippen molar-refractivity contribution in [1.29, 1.82) is 0 Å². The molecule has 0 saturated carbocycles. The van der Waals surface area contributed by atoms with Gasteiger partial charge >= 0.3 is 170 Å². The first-order chi connectivity index (χ1) is 13.6. The first kappa shape index (κ1) is 20.0. The number of benzene rings is 3. The molecule has 3 aromatic rings. The Morgan fingerprint density at radius 2 is 1.50 bits per heavy atom. The van der Waals surface area contributed by atoms with Gasteiger partial charge in [-0.2, -0.15) is 0 Å². The van der Waals surface area contributed by atoms with Crippen LogP contribution in [0.1, 0.15) is 22.3 Å². The van der Waals surface area contributed by atoms with Gasteiger partial charge in [0.25, 0.3) is 0 Å². The minimum absolute atomic E-state index is 0.00205. The zero-order valence-corrected chi connectivity index (χ0v) is 16.8. The number of carbonyl (C=O) groups excluding carboxylic acids is 1. The maximum absolute atomic E-state index is 15.8. The molecular formula is C24H18F2OSe. The monoisotopic (exact) mass is 440 g/mol. The zero-order valence-electron chi connectivity index (χ0n) is 15.1. The number of rotatable bonds is 6. The van der Waals surface area contributed by atoms with Gasteiger partial charge in [-0.3, -0.25) is 0 Å². The molecule has 0 aliphatic rings. The number of ketones is 1. The molecule has 0 radical (unpaired) electrons. The Balaban J connectivity index is 1.83. The molecule has 0 N–H and O–H groups in total. The molecular weight excluding hydrogens is 421 g/mol. The Morgan fingerprint density at radius 3 is 2.14 bits per heavy atom. The van der Waals surface area contributed by atoms with E-state index < -0.39 is 17.3 Å². The number of halogens is 2. The molecule has 1 unspecified atom stereocenters. The van der Waals surface area contributed by atoms with E-state index in [1.165, 1.54) is 12.1 Å². The van der Waals surface area contributed by atoms with Gasteiger partial charge in [-0.25, -0.2) is 0 Å². The third-order valence-corrected chi connectivity index (χ3v) is 6.23. The van der Waals surface area contributed by atoms with Crippen molar-refractivity contribution in [3.63, 3.8) is 0 Å². The van der Waals surface area contributed by atoms with Gasteiger partial charge in [-0.05, 0) is 0 Å². The van der Waals surface area contributed by atoms with E-state index in [2.05, 4.69) is 11.8 Å². The third kappa shape index (κ3) is 5.39. The van der Waals surface area contributed by atoms with E-state index in [4.69, 9.17) is 0 Å². The number of hydrogen-bond donors (Lipinski definition) is 0. The van der Waals surface area contributed by atoms with Crippen LogP contribution in [0.5, 0.6) is 0 Å². The summed E-state index contributed by atoms with van der Waals surface area (Å²) in [5.74, 6) is 4.15. The zero-order chi connectivity index (χ0) is 19.8. The summed E-state index contributed by atoms with van der Waals surface area (Å²) >= 11 is 0.0378. The van der Waals surface area contributed by atoms with Crippen molar-refractivity contribution in [2.24, 2.45) is 0 Å². The van der Waals surface area contributed by atoms with Crippen molar-refractivity contribution in [3.8, 4) is 11.8 Å². The van der Waals surface area contributed by atoms with Crippen LogP contribution in [0.4, 0.5) is 8.78 Å². The maximum atomic E-state index is 15.8. The van der Waals surface area contributed by atoms with Gasteiger partial charge in [-0.15, -0.1) is 0 Å². The van der Waals surface area contributed by atoms with Crippen molar-refractivity contribution in [3.05, 3.63) is 102 Å². The standard InChI is InChI=1S/C24H18F2OSe/c25-21-13-11-20(12-14-21)23(27)24(26,16-15-19-7-3-1-4-8-19)17-18-28-22-9-5-2-6-10-22/h1-14H,17-18H2. The van der Waals surface area contributed by atoms with Crippen LogP contribution in [0, 0.1) is 17.7 Å². The molecule has 0 aliphatic carbocycles. The fourth-order valence-electron chi connectivity index (χ4n) is 2.58. The van der Waals surface area contributed by atoms with Gasteiger partial charge in [0.2, 0.25) is 0 Å². The number of alkyl halides is 1. The van der Waals surface area contributed by atoms with Crippen molar-refractivity contribution in [2.45, 2.75) is 17.4 Å². The van der Waals surface area contributed by atoms with Crippen molar-refractivity contribution < 1.29 is 13.6 Å². The first-order valence-corrected chi connectivity index (χ1v) is 10.9. The summed E-state index contributed by atoms with van der Waals surface area (Å²) in [5.41, 5.74) is -1.55. The van der Waals surface area contributed by atoms with Gasteiger partial charge in [0.05, 0.1) is 0 Å². The van der Waals surface area contributed by atoms with E-state index in [-0.39, 0.29) is 26.9 Å². The molecule has 0 spiro atoms. The third-order valence-electron chi connectivity index (χ3n) is 4.10. The summed E-state index contributed by atoms with van der Waals surface area (Å²) in [6, 6.07) is 23.7. The SMILES string of the molecule is O=C(c1ccc(F)cc1)C(F)(C#Cc1ccccc1)CC[Se]c1ccccc1. The van der Waals surface area contributed by atoms with Gasteiger partial charge in [0.1, 0.15) is 0 Å². The summed E-state index contributed by atoms with van der Waals surface area (Å²) in [7, 11) is 0. The Kier molecular flexibility index (Phi) is 6.76. The summed E-state index contributed by atoms with van der Waals surface area (Å²) in [5, 5.41) is 0.532. The van der Waals surface area contributed by atoms with Crippen LogP contribution in [0.15, 0.2) is 84.9 Å². The van der Waals surface area contributed by atoms with Crippen LogP contribution in [-0.4, -0.2) is 26.4 Å². The molecule has 28 heavy (non-hydrogen) atoms. The van der Waals surface area contributed by atoms with Crippen molar-refractivity contribution in [2.75, 3.05) is 0 Å². The molecule has 0 saturated heterocycles. The Morgan fingerprint density at radius 1 is 0.893 bits per heavy atom. The second-order valence-electron chi connectivity index (χ2n) is 6.16. The van der Waals surface area contributed by atoms with E-state index in [0.717, 1.165) is 16.6 Å². The minimum atomic E-state index is -2.32. The molecule has 4 heteroatoms. The molecule has 0 bridgehead atoms. The molecule has 0 heterocycles. The summed E-state index contributed by atoms with van der Waals surface area (Å²) in [4.78, 5) is 12.8. The van der Waals surface area contributed by atoms with Gasteiger partial charge < -0.3 is 0 Å². The molecule has 140 valence electrons. The van der Waals surface area contributed by atoms with E-state index in [9.17, 15) is 9.18 Å². The molecule has 3 rings (SSSR count). The number of Topliss-reactive ketones (excluding diaryl/α,β-unsaturated/α-hetero) is 1. The Bertz CT molecular complexity index is 976. The Hall–Kier alpha value is -2.73. The molecule has 1 atom stereocenters. The number of hydrogen-bond acceptors (Lipinski definition) is 1. The van der Waals surface area contributed by atoms with Crippen LogP contribution in [-0.2, 0) is 0 Å². The van der Waals surface area contributed by atoms with Crippen LogP contribution < -0.4 is 4.46 Å². The van der Waals surface area contributed by atoms with Crippen LogP contribution >= 0.6 is 0 Å². The van der Waals surface area contributed by atoms with E-state index in [1.807, 2.05) is 48.5 Å². The summed E-state index contributed by atoms with van der Waals surface area (Å²) in [6.07, 6.45) is -0.00205. The van der Waals surface area contributed by atoms with Crippen molar-refractivity contribution >= 4 is 25.2 Å². The van der Waals surface area contributed by atoms with E-state index >= 15 is 4.39 Å². The molecule has 1 nitrogen and oxygen atoms in total. The van der Waals surface area contributed by atoms with Crippen LogP contribution in [0.3, 0.4) is 0 Å². The van der Waals surface area contributed by atoms with Gasteiger partial charge in [-0.1, -0.05) is 0 Å². The van der Waals surface area contributed by atoms with Crippen LogP contribution in [0.2, 0.25) is 5.32 Å². The predicted molar refractivity (Wildman–Crippen MR) is 109 cm³/mol. The van der Waals surface area contributed by atoms with Gasteiger partial charge in [0, 0.05) is 0 Å². The second kappa shape index (κ2) is 9.46. The normalized spacial score (nSPS) is 12.5. The van der Waals surface area contributed by atoms with E-state index in [1.54, 1.807) is 12.1 Å². The van der Waals surface area contributed by atoms with Crippen molar-refractivity contribution in [1.82, 2.24) is 0 Å². The average molecular weight is 439 g/mol. The summed E-state index contributed by atoms with van der Waals surface area (Å²) in [6.45, 7) is 0. The predicted octanol–water partition coefficient (Wildman–Crippen LogP) is 4.61. The topological polar surface area (TPSA) is 17.1 Å². The molecule has 0 aromatic heterocycles. The fraction of sp³-hybridized carbons (Fsp3) is 0.125. The summed E-state index contributed by atoms with van der Waals surface area (Å²) < 4.78 is 30.1. The second-order valence-corrected chi connectivity index (χ2v) is 8.62. The number of carbonyl (C=O) groups is 1. The molecule has 3 aromatic carbocycles. The van der Waals surface area contributed by atoms with Gasteiger partial charge in [0.15, 0.2) is 0 Å². The van der Waals surface area contributed by atoms with Crippen LogP contribution in [0.25, 0.3) is 0 Å². The quantitative estimate of drug-likeness (QED) is 0.312. The van der Waals surface area contributed by atoms with E-state index in [0.29, 0.717) is 10.9 Å². The first-order valence-electron chi connectivity index (χ1n) is 8.82. The average Bonchev–Trinajstić information content (AvgIpc) is 2.74. The molecule has 0 aliphatic heterocycles. The Labute approximate surface area is 170 Å². The molecule has 0 fully saturated rings. The molecule has 0 amide bonds.